The van der Waals surface area contributed by atoms with Crippen LogP contribution in [-0.4, -0.2) is 26.1 Å². The molecular formula is C21H22N4O2. The van der Waals surface area contributed by atoms with Gasteiger partial charge in [0, 0.05) is 6.20 Å². The van der Waals surface area contributed by atoms with Crippen LogP contribution in [0.3, 0.4) is 0 Å². The van der Waals surface area contributed by atoms with Crippen molar-refractivity contribution in [1.82, 2.24) is 14.1 Å². The van der Waals surface area contributed by atoms with Crippen LogP contribution < -0.4 is 11.0 Å². The number of fused-ring (bicyclic) bond motifs is 1. The van der Waals surface area contributed by atoms with E-state index < -0.39 is 0 Å². The summed E-state index contributed by atoms with van der Waals surface area (Å²) in [7, 11) is 0. The molecule has 138 valence electrons. The van der Waals surface area contributed by atoms with E-state index in [4.69, 9.17) is 4.99 Å². The van der Waals surface area contributed by atoms with E-state index in [-0.39, 0.29) is 24.1 Å². The molecule has 27 heavy (non-hydrogen) atoms. The average Bonchev–Trinajstić information content (AvgIpc) is 2.71. The van der Waals surface area contributed by atoms with Gasteiger partial charge in [-0.25, -0.2) is 4.98 Å². The molecule has 4 rings (SSSR count). The predicted molar refractivity (Wildman–Crippen MR) is 103 cm³/mol. The van der Waals surface area contributed by atoms with Crippen molar-refractivity contribution in [1.29, 1.82) is 0 Å². The minimum absolute atomic E-state index is 0.0709. The van der Waals surface area contributed by atoms with Crippen LogP contribution >= 0.6 is 0 Å². The van der Waals surface area contributed by atoms with Gasteiger partial charge in [-0.05, 0) is 37.1 Å². The van der Waals surface area contributed by atoms with E-state index in [0.29, 0.717) is 16.4 Å². The van der Waals surface area contributed by atoms with Gasteiger partial charge in [0.2, 0.25) is 0 Å². The highest BCUT2D eigenvalue weighted by Gasteiger charge is 2.14. The highest BCUT2D eigenvalue weighted by Crippen LogP contribution is 2.19. The number of carbonyl (C=O) groups excluding carboxylic acids is 1. The Bertz CT molecular complexity index is 1090. The van der Waals surface area contributed by atoms with E-state index in [1.807, 2.05) is 18.2 Å². The second kappa shape index (κ2) is 7.70. The normalized spacial score (nSPS) is 15.9. The minimum atomic E-state index is -0.212. The van der Waals surface area contributed by atoms with Gasteiger partial charge in [-0.3, -0.25) is 23.7 Å². The van der Waals surface area contributed by atoms with E-state index in [1.54, 1.807) is 30.5 Å². The summed E-state index contributed by atoms with van der Waals surface area (Å²) in [6.45, 7) is -0.0709. The van der Waals surface area contributed by atoms with Crippen molar-refractivity contribution < 1.29 is 4.79 Å². The number of rotatable bonds is 3. The van der Waals surface area contributed by atoms with Crippen LogP contribution in [0.25, 0.3) is 10.9 Å². The molecule has 0 aliphatic heterocycles. The molecule has 3 aromatic rings. The Morgan fingerprint density at radius 3 is 2.70 bits per heavy atom. The molecule has 1 saturated carbocycles. The molecule has 0 atom stereocenters. The Kier molecular flexibility index (Phi) is 4.96. The Balaban J connectivity index is 1.65. The first-order valence-corrected chi connectivity index (χ1v) is 9.41. The highest BCUT2D eigenvalue weighted by molar-refractivity contribution is 5.80. The fourth-order valence-corrected chi connectivity index (χ4v) is 3.59. The molecule has 0 radical (unpaired) electrons. The number of nitrogens with zero attached hydrogens (tertiary/aromatic N) is 4. The van der Waals surface area contributed by atoms with Gasteiger partial charge in [-0.2, -0.15) is 0 Å². The van der Waals surface area contributed by atoms with Crippen LogP contribution in [0.1, 0.15) is 36.9 Å². The molecule has 0 N–H and O–H groups in total. The Hall–Kier alpha value is -3.02. The molecular weight excluding hydrogens is 340 g/mol. The maximum Gasteiger partial charge on any atom is 0.261 e. The predicted octanol–water partition coefficient (Wildman–Crippen LogP) is 2.77. The molecule has 1 fully saturated rings. The number of benzene rings is 1. The number of para-hydroxylation sites is 1. The third-order valence-electron chi connectivity index (χ3n) is 5.03. The first-order valence-electron chi connectivity index (χ1n) is 9.41. The lowest BCUT2D eigenvalue weighted by atomic mass is 9.96. The molecule has 2 heterocycles. The van der Waals surface area contributed by atoms with Crippen LogP contribution in [0.15, 0.2) is 64.8 Å². The average molecular weight is 362 g/mol. The smallest absolute Gasteiger partial charge is 0.261 e. The second-order valence-electron chi connectivity index (χ2n) is 6.94. The molecule has 1 aromatic carbocycles. The second-order valence-corrected chi connectivity index (χ2v) is 6.94. The Morgan fingerprint density at radius 1 is 1.07 bits per heavy atom. The Labute approximate surface area is 156 Å². The zero-order valence-electron chi connectivity index (χ0n) is 15.1. The third kappa shape index (κ3) is 3.74. The summed E-state index contributed by atoms with van der Waals surface area (Å²) in [6.07, 6.45) is 8.92. The first kappa shape index (κ1) is 17.4. The minimum Gasteiger partial charge on any atom is -0.289 e. The zero-order chi connectivity index (χ0) is 18.6. The van der Waals surface area contributed by atoms with Crippen LogP contribution in [0.2, 0.25) is 0 Å². The molecule has 0 bridgehead atoms. The number of hydrogen-bond donors (Lipinski definition) is 0. The first-order chi connectivity index (χ1) is 13.2. The summed E-state index contributed by atoms with van der Waals surface area (Å²) < 4.78 is 2.89. The Morgan fingerprint density at radius 2 is 1.85 bits per heavy atom. The van der Waals surface area contributed by atoms with Crippen molar-refractivity contribution in [2.75, 3.05) is 0 Å². The fraction of sp³-hybridized carbons (Fsp3) is 0.333. The van der Waals surface area contributed by atoms with Gasteiger partial charge in [0.15, 0.2) is 0 Å². The number of aromatic nitrogens is 3. The van der Waals surface area contributed by atoms with Gasteiger partial charge >= 0.3 is 0 Å². The third-order valence-corrected chi connectivity index (χ3v) is 5.03. The fourth-order valence-electron chi connectivity index (χ4n) is 3.59. The van der Waals surface area contributed by atoms with Gasteiger partial charge in [-0.1, -0.05) is 37.5 Å². The summed E-state index contributed by atoms with van der Waals surface area (Å²) in [5, 5.41) is 0.512. The quantitative estimate of drug-likeness (QED) is 0.719. The van der Waals surface area contributed by atoms with Gasteiger partial charge in [0.05, 0.1) is 23.3 Å². The molecule has 6 heteroatoms. The molecule has 2 aromatic heterocycles. The lowest BCUT2D eigenvalue weighted by Gasteiger charge is -2.17. The van der Waals surface area contributed by atoms with Crippen molar-refractivity contribution in [2.24, 2.45) is 4.99 Å². The van der Waals surface area contributed by atoms with E-state index in [1.165, 1.54) is 34.7 Å². The molecule has 0 unspecified atom stereocenters. The summed E-state index contributed by atoms with van der Waals surface area (Å²) >= 11 is 0. The van der Waals surface area contributed by atoms with E-state index in [0.717, 1.165) is 12.8 Å². The zero-order valence-corrected chi connectivity index (χ0v) is 15.1. The summed E-state index contributed by atoms with van der Waals surface area (Å²) in [4.78, 5) is 34.6. The van der Waals surface area contributed by atoms with Crippen molar-refractivity contribution in [3.8, 4) is 0 Å². The number of pyridine rings is 1. The van der Waals surface area contributed by atoms with Gasteiger partial charge in [0.25, 0.3) is 11.5 Å². The van der Waals surface area contributed by atoms with Crippen LogP contribution in [0.5, 0.6) is 0 Å². The van der Waals surface area contributed by atoms with Crippen molar-refractivity contribution in [3.05, 3.63) is 70.8 Å². The highest BCUT2D eigenvalue weighted by atomic mass is 16.2. The molecule has 6 nitrogen and oxygen atoms in total. The standard InChI is InChI=1S/C21H22N4O2/c26-20(14-24-15-22-18-11-5-4-10-17(18)21(24)27)25-13-7-6-12-19(25)23-16-8-2-1-3-9-16/h4-7,10-13,15-16H,1-3,8-9,14H2. The van der Waals surface area contributed by atoms with Gasteiger partial charge < -0.3 is 0 Å². The molecule has 0 spiro atoms. The SMILES string of the molecule is O=C(Cn1cnc2ccccc2c1=O)n1ccccc1=NC1CCCCC1. The molecule has 1 aliphatic carbocycles. The van der Waals surface area contributed by atoms with Gasteiger partial charge in [0.1, 0.15) is 12.0 Å². The van der Waals surface area contributed by atoms with E-state index in [9.17, 15) is 9.59 Å². The number of carbonyl (C=O) groups is 1. The number of hydrogen-bond acceptors (Lipinski definition) is 4. The summed E-state index contributed by atoms with van der Waals surface area (Å²) in [6, 6.07) is 13.0. The van der Waals surface area contributed by atoms with Crippen LogP contribution in [0.4, 0.5) is 0 Å². The van der Waals surface area contributed by atoms with Crippen LogP contribution in [0, 0.1) is 0 Å². The van der Waals surface area contributed by atoms with Crippen LogP contribution in [-0.2, 0) is 6.54 Å². The van der Waals surface area contributed by atoms with Crippen molar-refractivity contribution >= 4 is 16.8 Å². The summed E-state index contributed by atoms with van der Waals surface area (Å²) in [5.41, 5.74) is 1.07. The monoisotopic (exact) mass is 362 g/mol. The maximum absolute atomic E-state index is 12.9. The topological polar surface area (TPSA) is 69.2 Å². The largest absolute Gasteiger partial charge is 0.289 e. The van der Waals surface area contributed by atoms with E-state index >= 15 is 0 Å². The van der Waals surface area contributed by atoms with Gasteiger partial charge in [-0.15, -0.1) is 0 Å². The molecule has 0 amide bonds. The maximum atomic E-state index is 12.9. The van der Waals surface area contributed by atoms with E-state index in [2.05, 4.69) is 4.98 Å². The lowest BCUT2D eigenvalue weighted by Crippen LogP contribution is -2.34. The molecule has 1 aliphatic rings. The lowest BCUT2D eigenvalue weighted by molar-refractivity contribution is 0.0883. The van der Waals surface area contributed by atoms with Crippen molar-refractivity contribution in [2.45, 2.75) is 44.7 Å². The summed E-state index contributed by atoms with van der Waals surface area (Å²) in [5.74, 6) is -0.204. The molecule has 0 saturated heterocycles. The van der Waals surface area contributed by atoms with Crippen molar-refractivity contribution in [3.63, 3.8) is 0 Å².